The van der Waals surface area contributed by atoms with Gasteiger partial charge in [-0.15, -0.1) is 0 Å². The van der Waals surface area contributed by atoms with Crippen LogP contribution in [0.15, 0.2) is 24.3 Å². The van der Waals surface area contributed by atoms with Crippen LogP contribution in [0.3, 0.4) is 0 Å². The zero-order valence-corrected chi connectivity index (χ0v) is 8.97. The number of hydrogen-bond acceptors (Lipinski definition) is 0. The third kappa shape index (κ3) is 4.07. The van der Waals surface area contributed by atoms with Gasteiger partial charge < -0.3 is 0 Å². The monoisotopic (exact) mass is 182 g/mol. The molecule has 13 heavy (non-hydrogen) atoms. The minimum atomic E-state index is -0.156. The third-order valence-corrected chi connectivity index (χ3v) is 2.05. The normalized spacial score (nSPS) is 11.5. The highest BCUT2D eigenvalue weighted by Gasteiger charge is 2.01. The van der Waals surface area contributed by atoms with Gasteiger partial charge in [-0.3, -0.25) is 0 Å². The smallest absolute Gasteiger partial charge is 0.123 e. The van der Waals surface area contributed by atoms with E-state index in [1.807, 2.05) is 26.0 Å². The summed E-state index contributed by atoms with van der Waals surface area (Å²) in [6.45, 7) is 8.28. The van der Waals surface area contributed by atoms with Crippen molar-refractivity contribution in [1.82, 2.24) is 0 Å². The van der Waals surface area contributed by atoms with Crippen molar-refractivity contribution < 1.29 is 4.39 Å². The Kier molecular flexibility index (Phi) is 6.21. The van der Waals surface area contributed by atoms with Crippen molar-refractivity contribution in [2.45, 2.75) is 40.0 Å². The zero-order valence-electron chi connectivity index (χ0n) is 8.97. The van der Waals surface area contributed by atoms with Crippen LogP contribution >= 0.6 is 0 Å². The first-order valence-electron chi connectivity index (χ1n) is 4.99. The van der Waals surface area contributed by atoms with Gasteiger partial charge in [-0.25, -0.2) is 4.39 Å². The number of rotatable bonds is 2. The maximum Gasteiger partial charge on any atom is 0.123 e. The SMILES string of the molecule is CC.CC[C@H](C)c1ccc(F)cc1. The number of benzene rings is 1. The molecule has 0 bridgehead atoms. The first-order chi connectivity index (χ1) is 6.24. The van der Waals surface area contributed by atoms with Crippen LogP contribution in [0, 0.1) is 5.82 Å². The fourth-order valence-corrected chi connectivity index (χ4v) is 1.03. The molecule has 1 heteroatoms. The van der Waals surface area contributed by atoms with Crippen molar-refractivity contribution >= 4 is 0 Å². The fraction of sp³-hybridized carbons (Fsp3) is 0.500. The van der Waals surface area contributed by atoms with E-state index in [-0.39, 0.29) is 5.82 Å². The minimum absolute atomic E-state index is 0.156. The molecule has 0 aromatic heterocycles. The molecule has 0 saturated heterocycles. The largest absolute Gasteiger partial charge is 0.207 e. The standard InChI is InChI=1S/C10H13F.C2H6/c1-3-8(2)9-4-6-10(11)7-5-9;1-2/h4-8H,3H2,1-2H3;1-2H3/t8-;/m0./s1. The van der Waals surface area contributed by atoms with Crippen LogP contribution in [0.4, 0.5) is 4.39 Å². The molecule has 0 radical (unpaired) electrons. The van der Waals surface area contributed by atoms with Gasteiger partial charge in [0.2, 0.25) is 0 Å². The molecule has 0 heterocycles. The van der Waals surface area contributed by atoms with Crippen LogP contribution in [0.25, 0.3) is 0 Å². The van der Waals surface area contributed by atoms with Crippen molar-refractivity contribution in [3.63, 3.8) is 0 Å². The molecular formula is C12H19F. The summed E-state index contributed by atoms with van der Waals surface area (Å²) in [6.07, 6.45) is 1.10. The van der Waals surface area contributed by atoms with Crippen molar-refractivity contribution in [3.05, 3.63) is 35.6 Å². The number of halogens is 1. The Labute approximate surface area is 80.8 Å². The quantitative estimate of drug-likeness (QED) is 0.637. The first-order valence-corrected chi connectivity index (χ1v) is 4.99. The Morgan fingerprint density at radius 1 is 1.15 bits per heavy atom. The predicted octanol–water partition coefficient (Wildman–Crippen LogP) is 4.37. The summed E-state index contributed by atoms with van der Waals surface area (Å²) < 4.78 is 12.5. The van der Waals surface area contributed by atoms with E-state index in [9.17, 15) is 4.39 Å². The Balaban J connectivity index is 0.000000671. The Bertz CT molecular complexity index is 213. The Hall–Kier alpha value is -0.850. The highest BCUT2D eigenvalue weighted by atomic mass is 19.1. The zero-order chi connectivity index (χ0) is 10.3. The van der Waals surface area contributed by atoms with E-state index in [1.165, 1.54) is 17.7 Å². The fourth-order valence-electron chi connectivity index (χ4n) is 1.03. The van der Waals surface area contributed by atoms with Gasteiger partial charge in [0.25, 0.3) is 0 Å². The molecule has 74 valence electrons. The molecule has 0 N–H and O–H groups in total. The number of hydrogen-bond donors (Lipinski definition) is 0. The van der Waals surface area contributed by atoms with E-state index in [4.69, 9.17) is 0 Å². The van der Waals surface area contributed by atoms with Gasteiger partial charge in [0, 0.05) is 0 Å². The van der Waals surface area contributed by atoms with Crippen molar-refractivity contribution in [2.24, 2.45) is 0 Å². The third-order valence-electron chi connectivity index (χ3n) is 2.05. The maximum absolute atomic E-state index is 12.5. The highest BCUT2D eigenvalue weighted by molar-refractivity contribution is 5.19. The molecule has 0 saturated carbocycles. The van der Waals surface area contributed by atoms with Crippen LogP contribution in [0.2, 0.25) is 0 Å². The van der Waals surface area contributed by atoms with E-state index in [1.54, 1.807) is 0 Å². The van der Waals surface area contributed by atoms with E-state index < -0.39 is 0 Å². The second-order valence-electron chi connectivity index (χ2n) is 2.86. The second kappa shape index (κ2) is 6.64. The first kappa shape index (κ1) is 12.2. The minimum Gasteiger partial charge on any atom is -0.207 e. The molecule has 0 unspecified atom stereocenters. The van der Waals surface area contributed by atoms with Gasteiger partial charge in [0.15, 0.2) is 0 Å². The van der Waals surface area contributed by atoms with Crippen molar-refractivity contribution in [1.29, 1.82) is 0 Å². The van der Waals surface area contributed by atoms with E-state index in [0.717, 1.165) is 6.42 Å². The lowest BCUT2D eigenvalue weighted by Crippen LogP contribution is -1.90. The summed E-state index contributed by atoms with van der Waals surface area (Å²) in [5, 5.41) is 0. The predicted molar refractivity (Wildman–Crippen MR) is 56.5 cm³/mol. The van der Waals surface area contributed by atoms with Gasteiger partial charge in [-0.05, 0) is 30.0 Å². The van der Waals surface area contributed by atoms with Crippen LogP contribution in [-0.4, -0.2) is 0 Å². The van der Waals surface area contributed by atoms with Gasteiger partial charge >= 0.3 is 0 Å². The van der Waals surface area contributed by atoms with Crippen LogP contribution in [-0.2, 0) is 0 Å². The lowest BCUT2D eigenvalue weighted by molar-refractivity contribution is 0.625. The van der Waals surface area contributed by atoms with Crippen molar-refractivity contribution in [3.8, 4) is 0 Å². The van der Waals surface area contributed by atoms with Crippen molar-refractivity contribution in [2.75, 3.05) is 0 Å². The van der Waals surface area contributed by atoms with Gasteiger partial charge in [0.05, 0.1) is 0 Å². The summed E-state index contributed by atoms with van der Waals surface area (Å²) in [7, 11) is 0. The summed E-state index contributed by atoms with van der Waals surface area (Å²) in [5.41, 5.74) is 1.22. The molecule has 0 nitrogen and oxygen atoms in total. The van der Waals surface area contributed by atoms with Crippen LogP contribution < -0.4 is 0 Å². The summed E-state index contributed by atoms with van der Waals surface area (Å²) >= 11 is 0. The van der Waals surface area contributed by atoms with Crippen LogP contribution in [0.1, 0.15) is 45.6 Å². The highest BCUT2D eigenvalue weighted by Crippen LogP contribution is 2.17. The lowest BCUT2D eigenvalue weighted by atomic mass is 9.99. The Morgan fingerprint density at radius 2 is 1.62 bits per heavy atom. The molecule has 0 amide bonds. The maximum atomic E-state index is 12.5. The molecule has 1 atom stereocenters. The summed E-state index contributed by atoms with van der Waals surface area (Å²) in [4.78, 5) is 0. The molecule has 1 aromatic carbocycles. The topological polar surface area (TPSA) is 0 Å². The molecule has 0 fully saturated rings. The molecule has 0 spiro atoms. The van der Waals surface area contributed by atoms with Crippen LogP contribution in [0.5, 0.6) is 0 Å². The van der Waals surface area contributed by atoms with E-state index in [2.05, 4.69) is 13.8 Å². The molecule has 0 aliphatic rings. The molecule has 1 rings (SSSR count). The second-order valence-corrected chi connectivity index (χ2v) is 2.86. The Morgan fingerprint density at radius 3 is 2.00 bits per heavy atom. The van der Waals surface area contributed by atoms with Gasteiger partial charge in [-0.1, -0.05) is 39.8 Å². The van der Waals surface area contributed by atoms with Gasteiger partial charge in [0.1, 0.15) is 5.82 Å². The molecular weight excluding hydrogens is 163 g/mol. The average Bonchev–Trinajstić information content (AvgIpc) is 2.21. The molecule has 0 aliphatic carbocycles. The average molecular weight is 182 g/mol. The summed E-state index contributed by atoms with van der Waals surface area (Å²) in [5.74, 6) is 0.382. The molecule has 1 aromatic rings. The lowest BCUT2D eigenvalue weighted by Gasteiger charge is -2.07. The summed E-state index contributed by atoms with van der Waals surface area (Å²) in [6, 6.07) is 6.73. The van der Waals surface area contributed by atoms with E-state index in [0.29, 0.717) is 5.92 Å². The van der Waals surface area contributed by atoms with Gasteiger partial charge in [-0.2, -0.15) is 0 Å². The van der Waals surface area contributed by atoms with E-state index >= 15 is 0 Å². The molecule has 0 aliphatic heterocycles.